The monoisotopic (exact) mass is 872 g/mol. The van der Waals surface area contributed by atoms with E-state index in [1.807, 2.05) is 92.6 Å². The Hall–Kier alpha value is -7.68. The third-order valence-electron chi connectivity index (χ3n) is 13.0. The van der Waals surface area contributed by atoms with Crippen molar-refractivity contribution in [3.8, 4) is 17.2 Å². The number of imide groups is 2. The van der Waals surface area contributed by atoms with Gasteiger partial charge in [0.15, 0.2) is 0 Å². The van der Waals surface area contributed by atoms with E-state index in [0.29, 0.717) is 39.7 Å². The molecule has 0 radical (unpaired) electrons. The highest BCUT2D eigenvalue weighted by atomic mass is 16.5. The van der Waals surface area contributed by atoms with Crippen LogP contribution in [-0.4, -0.2) is 71.1 Å². The smallest absolute Gasteiger partial charge is 0.238 e. The van der Waals surface area contributed by atoms with Crippen molar-refractivity contribution in [3.05, 3.63) is 126 Å². The van der Waals surface area contributed by atoms with Gasteiger partial charge in [-0.1, -0.05) is 11.6 Å². The first-order chi connectivity index (χ1) is 31.4. The third kappa shape index (κ3) is 7.66. The zero-order chi connectivity index (χ0) is 45.7. The Morgan fingerprint density at radius 2 is 0.938 bits per heavy atom. The fourth-order valence-electron chi connectivity index (χ4n) is 9.85. The largest absolute Gasteiger partial charge is 0.508 e. The summed E-state index contributed by atoms with van der Waals surface area (Å²) in [6, 6.07) is 31.7. The highest BCUT2D eigenvalue weighted by molar-refractivity contribution is 6.24. The lowest BCUT2D eigenvalue weighted by Crippen LogP contribution is -2.43. The third-order valence-corrected chi connectivity index (χ3v) is 13.0. The molecule has 1 N–H and O–H groups in total. The molecule has 15 heteroatoms. The molecule has 5 aromatic rings. The molecule has 0 spiro atoms. The molecule has 65 heavy (non-hydrogen) atoms. The van der Waals surface area contributed by atoms with E-state index in [1.54, 1.807) is 48.5 Å². The molecule has 15 nitrogen and oxygen atoms in total. The lowest BCUT2D eigenvalue weighted by molar-refractivity contribution is -0.126. The predicted molar refractivity (Wildman–Crippen MR) is 246 cm³/mol. The zero-order valence-electron chi connectivity index (χ0n) is 36.8. The SMILES string of the molecule is COc1cc(O)cc(OC)c1C1C2=CCC3C(=O)N(c4ccc(N=Nc5ccc(N(C)C)cc5)cc4)C(=O)C3C2CC2C(=O)N(c3ccc(N=Nc4ccc(N(C)C)cc4)cc3)C(=O)C21. The Morgan fingerprint density at radius 3 is 1.35 bits per heavy atom. The summed E-state index contributed by atoms with van der Waals surface area (Å²) in [5.41, 5.74) is 6.48. The number of azo groups is 2. The lowest BCUT2D eigenvalue weighted by Gasteiger charge is -2.44. The molecule has 4 aliphatic rings. The maximum absolute atomic E-state index is 14.9. The number of methoxy groups -OCH3 is 2. The maximum atomic E-state index is 14.9. The van der Waals surface area contributed by atoms with Crippen LogP contribution in [0.25, 0.3) is 0 Å². The van der Waals surface area contributed by atoms with Crippen LogP contribution in [-0.2, 0) is 19.2 Å². The number of carbonyl (C=O) groups is 4. The molecule has 9 rings (SSSR count). The zero-order valence-corrected chi connectivity index (χ0v) is 36.8. The van der Waals surface area contributed by atoms with Crippen LogP contribution in [0.1, 0.15) is 24.3 Å². The summed E-state index contributed by atoms with van der Waals surface area (Å²) < 4.78 is 11.7. The average Bonchev–Trinajstić information content (AvgIpc) is 3.72. The highest BCUT2D eigenvalue weighted by Crippen LogP contribution is 2.61. The predicted octanol–water partition coefficient (Wildman–Crippen LogP) is 9.42. The number of amides is 4. The number of phenols is 1. The van der Waals surface area contributed by atoms with Gasteiger partial charge in [0.05, 0.1) is 72.0 Å². The summed E-state index contributed by atoms with van der Waals surface area (Å²) in [5, 5.41) is 28.1. The van der Waals surface area contributed by atoms with Crippen molar-refractivity contribution in [1.82, 2.24) is 0 Å². The van der Waals surface area contributed by atoms with Crippen LogP contribution < -0.4 is 29.1 Å². The summed E-state index contributed by atoms with van der Waals surface area (Å²) in [6.45, 7) is 0. The summed E-state index contributed by atoms with van der Waals surface area (Å²) in [4.78, 5) is 65.0. The van der Waals surface area contributed by atoms with Crippen LogP contribution in [0, 0.1) is 29.6 Å². The Labute approximate surface area is 376 Å². The van der Waals surface area contributed by atoms with Gasteiger partial charge in [-0.3, -0.25) is 29.0 Å². The second kappa shape index (κ2) is 17.1. The van der Waals surface area contributed by atoms with Gasteiger partial charge in [-0.2, -0.15) is 20.5 Å². The minimum absolute atomic E-state index is 0.110. The fraction of sp³-hybridized carbons (Fsp3) is 0.280. The van der Waals surface area contributed by atoms with Gasteiger partial charge in [0.2, 0.25) is 23.6 Å². The molecule has 2 heterocycles. The van der Waals surface area contributed by atoms with Gasteiger partial charge in [0, 0.05) is 63.2 Å². The number of fused-ring (bicyclic) bond motifs is 4. The lowest BCUT2D eigenvalue weighted by atomic mass is 9.57. The van der Waals surface area contributed by atoms with Crippen molar-refractivity contribution < 1.29 is 33.8 Å². The fourth-order valence-corrected chi connectivity index (χ4v) is 9.85. The molecule has 1 saturated carbocycles. The summed E-state index contributed by atoms with van der Waals surface area (Å²) >= 11 is 0. The van der Waals surface area contributed by atoms with Gasteiger partial charge in [-0.05, 0) is 116 Å². The molecule has 5 aromatic carbocycles. The van der Waals surface area contributed by atoms with Gasteiger partial charge in [-0.25, -0.2) is 0 Å². The molecular formula is C50H48N8O7. The van der Waals surface area contributed by atoms with Gasteiger partial charge in [0.1, 0.15) is 17.2 Å². The molecule has 3 fully saturated rings. The summed E-state index contributed by atoms with van der Waals surface area (Å²) in [6.07, 6.45) is 2.36. The molecule has 330 valence electrons. The minimum atomic E-state index is -0.908. The first-order valence-electron chi connectivity index (χ1n) is 21.4. The molecule has 4 amide bonds. The summed E-state index contributed by atoms with van der Waals surface area (Å²) in [7, 11) is 10.8. The highest BCUT2D eigenvalue weighted by Gasteiger charge is 2.63. The van der Waals surface area contributed by atoms with Crippen molar-refractivity contribution in [2.45, 2.75) is 18.8 Å². The Kier molecular flexibility index (Phi) is 11.2. The van der Waals surface area contributed by atoms with Crippen LogP contribution in [0.4, 0.5) is 45.5 Å². The van der Waals surface area contributed by atoms with Crippen molar-refractivity contribution in [1.29, 1.82) is 0 Å². The number of nitrogens with zero attached hydrogens (tertiary/aromatic N) is 8. The van der Waals surface area contributed by atoms with Gasteiger partial charge in [0.25, 0.3) is 0 Å². The molecule has 0 bridgehead atoms. The molecule has 2 aliphatic heterocycles. The minimum Gasteiger partial charge on any atom is -0.508 e. The van der Waals surface area contributed by atoms with Crippen LogP contribution in [0.3, 0.4) is 0 Å². The molecule has 2 saturated heterocycles. The Morgan fingerprint density at radius 1 is 0.538 bits per heavy atom. The van der Waals surface area contributed by atoms with E-state index >= 15 is 0 Å². The first kappa shape index (κ1) is 42.6. The molecule has 6 atom stereocenters. The number of allylic oxidation sites excluding steroid dienone is 2. The van der Waals surface area contributed by atoms with Crippen molar-refractivity contribution in [2.75, 3.05) is 62.0 Å². The second-order valence-electron chi connectivity index (χ2n) is 17.1. The quantitative estimate of drug-likeness (QED) is 0.0772. The Balaban J connectivity index is 1.02. The van der Waals surface area contributed by atoms with E-state index < -0.39 is 47.3 Å². The van der Waals surface area contributed by atoms with E-state index in [-0.39, 0.29) is 41.9 Å². The topological polar surface area (TPSA) is 169 Å². The van der Waals surface area contributed by atoms with E-state index in [2.05, 4.69) is 20.5 Å². The number of hydrogen-bond donors (Lipinski definition) is 1. The van der Waals surface area contributed by atoms with Gasteiger partial charge >= 0.3 is 0 Å². The number of hydrogen-bond acceptors (Lipinski definition) is 13. The van der Waals surface area contributed by atoms with Crippen molar-refractivity contribution in [2.24, 2.45) is 50.0 Å². The first-order valence-corrected chi connectivity index (χ1v) is 21.4. The number of anilines is 4. The maximum Gasteiger partial charge on any atom is 0.238 e. The van der Waals surface area contributed by atoms with Gasteiger partial charge in [-0.15, -0.1) is 0 Å². The van der Waals surface area contributed by atoms with E-state index in [0.717, 1.165) is 16.9 Å². The molecule has 0 aromatic heterocycles. The number of benzene rings is 5. The van der Waals surface area contributed by atoms with Crippen molar-refractivity contribution in [3.63, 3.8) is 0 Å². The summed E-state index contributed by atoms with van der Waals surface area (Å²) in [5.74, 6) is -5.75. The molecular weight excluding hydrogens is 825 g/mol. The van der Waals surface area contributed by atoms with E-state index in [9.17, 15) is 24.3 Å². The normalized spacial score (nSPS) is 22.6. The number of phenolic OH excluding ortho intramolecular Hbond substituents is 1. The molecule has 6 unspecified atom stereocenters. The number of aromatic hydroxyl groups is 1. The van der Waals surface area contributed by atoms with Crippen molar-refractivity contribution >= 4 is 69.1 Å². The number of ether oxygens (including phenoxy) is 2. The van der Waals surface area contributed by atoms with Crippen LogP contribution in [0.5, 0.6) is 17.2 Å². The standard InChI is InChI=1S/C50H48N8O7/c1-55(2)32-15-7-28(8-16-32)51-53-30-11-19-34(20-12-30)57-47(60)38-24-23-37-39(43(38)49(57)62)27-40-45(44(37)46-41(64-5)25-36(59)26-42(46)65-6)50(63)58(48(40)61)35-21-13-31(14-22-35)54-52-29-9-17-33(18-10-29)56(3)4/h7-23,25-26,38-40,43-45,59H,24,27H2,1-6H3. The second-order valence-corrected chi connectivity index (χ2v) is 17.1. The van der Waals surface area contributed by atoms with E-state index in [1.165, 1.54) is 36.2 Å². The van der Waals surface area contributed by atoms with E-state index in [4.69, 9.17) is 9.47 Å². The Bertz CT molecular complexity index is 2740. The van der Waals surface area contributed by atoms with Gasteiger partial charge < -0.3 is 24.4 Å². The van der Waals surface area contributed by atoms with Crippen LogP contribution in [0.2, 0.25) is 0 Å². The number of rotatable bonds is 11. The average molecular weight is 873 g/mol. The van der Waals surface area contributed by atoms with Crippen LogP contribution in [0.15, 0.2) is 141 Å². The van der Waals surface area contributed by atoms with Crippen LogP contribution >= 0.6 is 0 Å². The molecule has 2 aliphatic carbocycles. The number of carbonyl (C=O) groups excluding carboxylic acids is 4.